The van der Waals surface area contributed by atoms with E-state index in [4.69, 9.17) is 14.2 Å². The fraction of sp³-hybridized carbons (Fsp3) is 0.463. The molecule has 2 aromatic heterocycles. The first-order chi connectivity index (χ1) is 26.6. The number of halogens is 3. The number of rotatable bonds is 11. The highest BCUT2D eigenvalue weighted by Crippen LogP contribution is 2.25. The highest BCUT2D eigenvalue weighted by Gasteiger charge is 2.23. The van der Waals surface area contributed by atoms with Crippen molar-refractivity contribution in [3.63, 3.8) is 0 Å². The predicted octanol–water partition coefficient (Wildman–Crippen LogP) is 10.5. The zero-order chi connectivity index (χ0) is 42.9. The Bertz CT molecular complexity index is 1880. The Morgan fingerprint density at radius 2 is 1.22 bits per heavy atom. The van der Waals surface area contributed by atoms with E-state index in [1.54, 1.807) is 58.5 Å². The Labute approximate surface area is 367 Å². The number of amides is 2. The SMILES string of the molecule is C.CC(NC(=O)OC(C)(C)C)c1ncc(-c2ccc(Br)cc2)[nH]1.CCOC(=O)CBr.CCOC(=O)Cn1cc(-c2ccc(Br)cc2)nc1C(C)NC(=O)OC(C)(C)C. The Hall–Kier alpha value is -4.22. The van der Waals surface area contributed by atoms with Gasteiger partial charge in [0, 0.05) is 20.7 Å². The number of H-pyrrole nitrogens is 1. The minimum Gasteiger partial charge on any atom is -0.465 e. The fourth-order valence-electron chi connectivity index (χ4n) is 4.64. The Balaban J connectivity index is 0.000000500. The van der Waals surface area contributed by atoms with Gasteiger partial charge in [0.15, 0.2) is 0 Å². The lowest BCUT2D eigenvalue weighted by molar-refractivity contribution is -0.144. The molecule has 3 N–H and O–H groups in total. The molecular formula is C41H57Br3N6O8. The maximum absolute atomic E-state index is 12.1. The van der Waals surface area contributed by atoms with E-state index in [-0.39, 0.29) is 32.0 Å². The van der Waals surface area contributed by atoms with Gasteiger partial charge in [-0.3, -0.25) is 9.59 Å². The standard InChI is InChI=1S/C20H26BrN3O4.C16H20BrN3O2.C4H7BrO2.CH4/c1-6-27-17(25)12-24-11-16(14-7-9-15(21)10-8-14)23-18(24)13(2)22-19(26)28-20(3,4)5;1-10(19-15(21)22-16(2,3)4)14-18-9-13(20-14)11-5-7-12(17)8-6-11;1-2-7-4(6)3-5;/h7-11,13H,6,12H2,1-5H3,(H,22,26);5-10H,1-4H3,(H,18,20)(H,19,21);2-3H2,1H3;1H4. The van der Waals surface area contributed by atoms with Crippen LogP contribution in [0.15, 0.2) is 69.9 Å². The molecule has 2 unspecified atom stereocenters. The molecule has 0 saturated heterocycles. The number of nitrogens with zero attached hydrogens (tertiary/aromatic N) is 3. The maximum Gasteiger partial charge on any atom is 0.408 e. The number of imidazole rings is 2. The third kappa shape index (κ3) is 19.5. The van der Waals surface area contributed by atoms with Gasteiger partial charge in [0.05, 0.1) is 42.9 Å². The summed E-state index contributed by atoms with van der Waals surface area (Å²) in [6.45, 7) is 18.8. The van der Waals surface area contributed by atoms with Gasteiger partial charge in [-0.05, 0) is 99.1 Å². The van der Waals surface area contributed by atoms with Gasteiger partial charge in [0.25, 0.3) is 0 Å². The number of carbonyl (C=O) groups is 4. The van der Waals surface area contributed by atoms with Crippen molar-refractivity contribution in [1.82, 2.24) is 30.2 Å². The average molecular weight is 1000 g/mol. The summed E-state index contributed by atoms with van der Waals surface area (Å²) in [5.74, 6) is 0.649. The van der Waals surface area contributed by atoms with Crippen molar-refractivity contribution in [1.29, 1.82) is 0 Å². The van der Waals surface area contributed by atoms with Crippen molar-refractivity contribution >= 4 is 71.9 Å². The summed E-state index contributed by atoms with van der Waals surface area (Å²) in [4.78, 5) is 58.2. The van der Waals surface area contributed by atoms with Crippen LogP contribution in [0.25, 0.3) is 22.5 Å². The van der Waals surface area contributed by atoms with Gasteiger partial charge in [-0.1, -0.05) is 79.5 Å². The number of hydrogen-bond donors (Lipinski definition) is 3. The highest BCUT2D eigenvalue weighted by molar-refractivity contribution is 9.10. The number of nitrogens with one attached hydrogen (secondary N) is 3. The second kappa shape index (κ2) is 24.6. The maximum atomic E-state index is 12.1. The number of ether oxygens (including phenoxy) is 4. The van der Waals surface area contributed by atoms with Crippen LogP contribution in [0.4, 0.5) is 9.59 Å². The number of aromatic amines is 1. The monoisotopic (exact) mass is 998 g/mol. The summed E-state index contributed by atoms with van der Waals surface area (Å²) in [5, 5.41) is 5.82. The van der Waals surface area contributed by atoms with E-state index < -0.39 is 29.4 Å². The molecule has 0 aliphatic carbocycles. The second-order valence-electron chi connectivity index (χ2n) is 14.3. The van der Waals surface area contributed by atoms with E-state index >= 15 is 0 Å². The van der Waals surface area contributed by atoms with Gasteiger partial charge in [0.1, 0.15) is 34.7 Å². The molecule has 17 heteroatoms. The summed E-state index contributed by atoms with van der Waals surface area (Å²) in [5.41, 5.74) is 2.41. The van der Waals surface area contributed by atoms with E-state index in [2.05, 4.69) is 78.1 Å². The highest BCUT2D eigenvalue weighted by atomic mass is 79.9. The van der Waals surface area contributed by atoms with Crippen molar-refractivity contribution in [2.45, 2.75) is 106 Å². The lowest BCUT2D eigenvalue weighted by Gasteiger charge is -2.22. The van der Waals surface area contributed by atoms with Crippen LogP contribution in [0.1, 0.15) is 100 Å². The molecule has 0 saturated carbocycles. The minimum atomic E-state index is -0.604. The molecular weight excluding hydrogens is 944 g/mol. The lowest BCUT2D eigenvalue weighted by Crippen LogP contribution is -2.35. The largest absolute Gasteiger partial charge is 0.465 e. The van der Waals surface area contributed by atoms with Crippen LogP contribution < -0.4 is 10.6 Å². The van der Waals surface area contributed by atoms with Gasteiger partial charge in [0.2, 0.25) is 0 Å². The van der Waals surface area contributed by atoms with Crippen LogP contribution in [-0.4, -0.2) is 73.4 Å². The topological polar surface area (TPSA) is 176 Å². The number of esters is 2. The number of alkyl halides is 1. The van der Waals surface area contributed by atoms with Crippen LogP contribution in [0.3, 0.4) is 0 Å². The van der Waals surface area contributed by atoms with E-state index in [1.807, 2.05) is 76.2 Å². The normalized spacial score (nSPS) is 11.8. The third-order valence-electron chi connectivity index (χ3n) is 6.98. The number of alkyl carbamates (subject to hydrolysis) is 2. The summed E-state index contributed by atoms with van der Waals surface area (Å²) >= 11 is 9.77. The van der Waals surface area contributed by atoms with Crippen molar-refractivity contribution in [2.24, 2.45) is 0 Å². The first-order valence-corrected chi connectivity index (χ1v) is 20.8. The van der Waals surface area contributed by atoms with E-state index in [0.717, 1.165) is 25.8 Å². The molecule has 14 nitrogen and oxygen atoms in total. The molecule has 0 spiro atoms. The van der Waals surface area contributed by atoms with Gasteiger partial charge in [-0.15, -0.1) is 0 Å². The molecule has 0 radical (unpaired) electrons. The fourth-order valence-corrected chi connectivity index (χ4v) is 5.33. The van der Waals surface area contributed by atoms with E-state index in [1.165, 1.54) is 0 Å². The molecule has 2 aromatic carbocycles. The lowest BCUT2D eigenvalue weighted by atomic mass is 10.2. The quantitative estimate of drug-likeness (QED) is 0.0745. The average Bonchev–Trinajstić information content (AvgIpc) is 3.76. The molecule has 2 amide bonds. The zero-order valence-corrected chi connectivity index (χ0v) is 38.8. The van der Waals surface area contributed by atoms with Crippen LogP contribution in [0.5, 0.6) is 0 Å². The molecule has 0 bridgehead atoms. The molecule has 4 rings (SSSR count). The van der Waals surface area contributed by atoms with Gasteiger partial charge >= 0.3 is 24.1 Å². The summed E-state index contributed by atoms with van der Waals surface area (Å²) < 4.78 is 23.8. The third-order valence-corrected chi connectivity index (χ3v) is 8.50. The van der Waals surface area contributed by atoms with Crippen LogP contribution in [0, 0.1) is 0 Å². The Kier molecular flexibility index (Phi) is 22.0. The molecule has 0 aliphatic rings. The Morgan fingerprint density at radius 3 is 1.67 bits per heavy atom. The zero-order valence-electron chi connectivity index (χ0n) is 34.0. The van der Waals surface area contributed by atoms with Crippen molar-refractivity contribution < 1.29 is 38.1 Å². The van der Waals surface area contributed by atoms with Crippen LogP contribution >= 0.6 is 47.8 Å². The smallest absolute Gasteiger partial charge is 0.408 e. The van der Waals surface area contributed by atoms with E-state index in [0.29, 0.717) is 35.9 Å². The summed E-state index contributed by atoms with van der Waals surface area (Å²) in [7, 11) is 0. The first kappa shape index (κ1) is 51.8. The molecule has 2 atom stereocenters. The molecule has 58 heavy (non-hydrogen) atoms. The molecule has 0 fully saturated rings. The van der Waals surface area contributed by atoms with Gasteiger partial charge < -0.3 is 39.1 Å². The van der Waals surface area contributed by atoms with Gasteiger partial charge in [-0.25, -0.2) is 19.6 Å². The minimum absolute atomic E-state index is 0. The van der Waals surface area contributed by atoms with Crippen LogP contribution in [0.2, 0.25) is 0 Å². The molecule has 4 aromatic rings. The molecule has 320 valence electrons. The van der Waals surface area contributed by atoms with Crippen molar-refractivity contribution in [2.75, 3.05) is 18.5 Å². The number of benzene rings is 2. The van der Waals surface area contributed by atoms with Crippen molar-refractivity contribution in [3.8, 4) is 22.5 Å². The number of aromatic nitrogens is 4. The van der Waals surface area contributed by atoms with Crippen molar-refractivity contribution in [3.05, 3.63) is 81.5 Å². The first-order valence-electron chi connectivity index (χ1n) is 18.1. The number of hydrogen-bond acceptors (Lipinski definition) is 10. The van der Waals surface area contributed by atoms with E-state index in [9.17, 15) is 19.2 Å². The predicted molar refractivity (Wildman–Crippen MR) is 236 cm³/mol. The van der Waals surface area contributed by atoms with Gasteiger partial charge in [-0.2, -0.15) is 0 Å². The number of carbonyl (C=O) groups excluding carboxylic acids is 4. The molecule has 2 heterocycles. The summed E-state index contributed by atoms with van der Waals surface area (Å²) in [6, 6.07) is 14.9. The van der Waals surface area contributed by atoms with Crippen LogP contribution in [-0.2, 0) is 35.1 Å². The Morgan fingerprint density at radius 1 is 0.759 bits per heavy atom. The molecule has 0 aliphatic heterocycles. The summed E-state index contributed by atoms with van der Waals surface area (Å²) in [6.07, 6.45) is 2.53. The second-order valence-corrected chi connectivity index (χ2v) is 16.7.